The number of fused-ring (bicyclic) bond motifs is 1. The van der Waals surface area contributed by atoms with Gasteiger partial charge in [0.25, 0.3) is 0 Å². The van der Waals surface area contributed by atoms with Crippen LogP contribution in [0.5, 0.6) is 0 Å². The highest BCUT2D eigenvalue weighted by Crippen LogP contribution is 2.18. The molecule has 2 rings (SSSR count). The first kappa shape index (κ1) is 15.3. The molecule has 0 spiro atoms. The monoisotopic (exact) mass is 287 g/mol. The molecule has 0 aliphatic carbocycles. The second-order valence-electron chi connectivity index (χ2n) is 5.38. The minimum absolute atomic E-state index is 0.0126. The summed E-state index contributed by atoms with van der Waals surface area (Å²) in [5.74, 6) is -0.101. The van der Waals surface area contributed by atoms with Crippen molar-refractivity contribution in [3.63, 3.8) is 0 Å². The van der Waals surface area contributed by atoms with Crippen molar-refractivity contribution in [2.45, 2.75) is 6.92 Å². The minimum atomic E-state index is -0.143. The van der Waals surface area contributed by atoms with Crippen molar-refractivity contribution in [3.05, 3.63) is 36.0 Å². The van der Waals surface area contributed by atoms with E-state index in [1.165, 1.54) is 0 Å². The normalized spacial score (nSPS) is 12.6. The topological polar surface area (TPSA) is 65.2 Å². The van der Waals surface area contributed by atoms with E-state index in [1.807, 2.05) is 43.1 Å². The molecule has 5 nitrogen and oxygen atoms in total. The summed E-state index contributed by atoms with van der Waals surface area (Å²) >= 11 is 0. The number of likely N-dealkylation sites (N-methyl/N-ethyl adjacent to an activating group) is 1. The number of amides is 1. The zero-order valence-electron chi connectivity index (χ0n) is 12.6. The van der Waals surface area contributed by atoms with E-state index < -0.39 is 0 Å². The number of para-hydroxylation sites is 1. The van der Waals surface area contributed by atoms with Gasteiger partial charge in [-0.05, 0) is 13.1 Å². The van der Waals surface area contributed by atoms with Gasteiger partial charge < -0.3 is 10.3 Å². The second-order valence-corrected chi connectivity index (χ2v) is 5.38. The number of aromatic nitrogens is 1. The first-order valence-electron chi connectivity index (χ1n) is 7.02. The average molecular weight is 287 g/mol. The van der Waals surface area contributed by atoms with Gasteiger partial charge in [0.2, 0.25) is 5.91 Å². The lowest BCUT2D eigenvalue weighted by molar-refractivity contribution is -0.124. The molecule has 2 N–H and O–H groups in total. The number of hydrogen-bond acceptors (Lipinski definition) is 3. The Hall–Kier alpha value is -2.14. The van der Waals surface area contributed by atoms with Crippen LogP contribution in [0, 0.1) is 5.92 Å². The van der Waals surface area contributed by atoms with Gasteiger partial charge in [-0.3, -0.25) is 14.5 Å². The van der Waals surface area contributed by atoms with Crippen LogP contribution >= 0.6 is 0 Å². The highest BCUT2D eigenvalue weighted by atomic mass is 16.1. The number of rotatable bonds is 6. The molecule has 0 bridgehead atoms. The van der Waals surface area contributed by atoms with Gasteiger partial charge in [-0.25, -0.2) is 0 Å². The second kappa shape index (κ2) is 6.54. The van der Waals surface area contributed by atoms with Crippen molar-refractivity contribution >= 4 is 22.6 Å². The summed E-state index contributed by atoms with van der Waals surface area (Å²) in [4.78, 5) is 28.9. The molecule has 1 heterocycles. The van der Waals surface area contributed by atoms with Crippen LogP contribution in [-0.2, 0) is 4.79 Å². The molecule has 1 atom stereocenters. The van der Waals surface area contributed by atoms with Crippen molar-refractivity contribution in [3.8, 4) is 0 Å². The fourth-order valence-corrected chi connectivity index (χ4v) is 2.49. The van der Waals surface area contributed by atoms with Crippen LogP contribution in [0.1, 0.15) is 17.3 Å². The molecule has 1 unspecified atom stereocenters. The molecule has 0 aliphatic rings. The molecule has 0 fully saturated rings. The van der Waals surface area contributed by atoms with Gasteiger partial charge in [0.1, 0.15) is 0 Å². The maximum Gasteiger partial charge on any atom is 0.223 e. The Bertz CT molecular complexity index is 648. The van der Waals surface area contributed by atoms with E-state index in [0.29, 0.717) is 18.7 Å². The van der Waals surface area contributed by atoms with E-state index in [2.05, 4.69) is 10.3 Å². The molecule has 1 aromatic heterocycles. The van der Waals surface area contributed by atoms with Crippen molar-refractivity contribution in [1.29, 1.82) is 0 Å². The Kier molecular flexibility index (Phi) is 4.75. The highest BCUT2D eigenvalue weighted by molar-refractivity contribution is 6.08. The van der Waals surface area contributed by atoms with Crippen LogP contribution in [0.3, 0.4) is 0 Å². The molecule has 1 aromatic carbocycles. The summed E-state index contributed by atoms with van der Waals surface area (Å²) in [7, 11) is 3.47. The number of Topliss-reactive ketones (excluding diaryl/α,β-unsaturated/α-hetero) is 1. The molecule has 112 valence electrons. The zero-order valence-corrected chi connectivity index (χ0v) is 12.6. The molecule has 1 amide bonds. The Balaban J connectivity index is 2.03. The number of hydrogen-bond donors (Lipinski definition) is 2. The van der Waals surface area contributed by atoms with E-state index >= 15 is 0 Å². The van der Waals surface area contributed by atoms with E-state index in [4.69, 9.17) is 0 Å². The number of nitrogens with one attached hydrogen (secondary N) is 2. The Morgan fingerprint density at radius 2 is 2.05 bits per heavy atom. The van der Waals surface area contributed by atoms with Crippen LogP contribution in [-0.4, -0.2) is 48.8 Å². The average Bonchev–Trinajstić information content (AvgIpc) is 2.90. The predicted molar refractivity (Wildman–Crippen MR) is 83.4 cm³/mol. The summed E-state index contributed by atoms with van der Waals surface area (Å²) in [5, 5.41) is 3.56. The third-order valence-corrected chi connectivity index (χ3v) is 3.58. The Morgan fingerprint density at radius 3 is 2.76 bits per heavy atom. The number of carbonyl (C=O) groups is 2. The lowest BCUT2D eigenvalue weighted by Gasteiger charge is -2.19. The molecule has 0 saturated heterocycles. The summed E-state index contributed by atoms with van der Waals surface area (Å²) < 4.78 is 0. The molecular weight excluding hydrogens is 266 g/mol. The van der Waals surface area contributed by atoms with Gasteiger partial charge >= 0.3 is 0 Å². The molecule has 0 radical (unpaired) electrons. The van der Waals surface area contributed by atoms with Crippen LogP contribution < -0.4 is 5.32 Å². The fourth-order valence-electron chi connectivity index (χ4n) is 2.49. The molecule has 2 aromatic rings. The van der Waals surface area contributed by atoms with Gasteiger partial charge in [-0.1, -0.05) is 25.1 Å². The number of aromatic amines is 1. The summed E-state index contributed by atoms with van der Waals surface area (Å²) in [6.45, 7) is 2.70. The molecule has 5 heteroatoms. The van der Waals surface area contributed by atoms with Crippen molar-refractivity contribution in [2.75, 3.05) is 27.2 Å². The molecule has 0 aliphatic heterocycles. The summed E-state index contributed by atoms with van der Waals surface area (Å²) in [5.41, 5.74) is 1.66. The summed E-state index contributed by atoms with van der Waals surface area (Å²) in [6.07, 6.45) is 1.75. The smallest absolute Gasteiger partial charge is 0.223 e. The number of H-pyrrole nitrogens is 1. The van der Waals surface area contributed by atoms with E-state index in [-0.39, 0.29) is 17.6 Å². The first-order valence-corrected chi connectivity index (χ1v) is 7.02. The van der Waals surface area contributed by atoms with Gasteiger partial charge in [-0.15, -0.1) is 0 Å². The number of benzene rings is 1. The predicted octanol–water partition coefficient (Wildman–Crippen LogP) is 1.66. The SMILES string of the molecule is CNC(=O)C(C)CN(C)CC(=O)c1c[nH]c2ccccc12. The van der Waals surface area contributed by atoms with Gasteiger partial charge in [-0.2, -0.15) is 0 Å². The lowest BCUT2D eigenvalue weighted by Crippen LogP contribution is -2.36. The van der Waals surface area contributed by atoms with Gasteiger partial charge in [0.15, 0.2) is 5.78 Å². The van der Waals surface area contributed by atoms with Crippen LogP contribution in [0.25, 0.3) is 10.9 Å². The minimum Gasteiger partial charge on any atom is -0.360 e. The van der Waals surface area contributed by atoms with Crippen LogP contribution in [0.4, 0.5) is 0 Å². The molecule has 0 saturated carbocycles. The largest absolute Gasteiger partial charge is 0.360 e. The van der Waals surface area contributed by atoms with Crippen LogP contribution in [0.2, 0.25) is 0 Å². The quantitative estimate of drug-likeness (QED) is 0.794. The third kappa shape index (κ3) is 3.49. The van der Waals surface area contributed by atoms with Crippen LogP contribution in [0.15, 0.2) is 30.5 Å². The maximum absolute atomic E-state index is 12.4. The fraction of sp³-hybridized carbons (Fsp3) is 0.375. The highest BCUT2D eigenvalue weighted by Gasteiger charge is 2.17. The van der Waals surface area contributed by atoms with E-state index in [9.17, 15) is 9.59 Å². The summed E-state index contributed by atoms with van der Waals surface area (Å²) in [6, 6.07) is 7.74. The Labute approximate surface area is 124 Å². The lowest BCUT2D eigenvalue weighted by atomic mass is 10.1. The molecular formula is C16H21N3O2. The van der Waals surface area contributed by atoms with Crippen molar-refractivity contribution in [1.82, 2.24) is 15.2 Å². The van der Waals surface area contributed by atoms with Gasteiger partial charge in [0.05, 0.1) is 6.54 Å². The number of nitrogens with zero attached hydrogens (tertiary/aromatic N) is 1. The van der Waals surface area contributed by atoms with Gasteiger partial charge in [0, 0.05) is 42.2 Å². The zero-order chi connectivity index (χ0) is 15.4. The van der Waals surface area contributed by atoms with Crippen molar-refractivity contribution < 1.29 is 9.59 Å². The number of carbonyl (C=O) groups excluding carboxylic acids is 2. The standard InChI is InChI=1S/C16H21N3O2/c1-11(16(21)17-2)9-19(3)10-15(20)13-8-18-14-7-5-4-6-12(13)14/h4-8,11,18H,9-10H2,1-3H3,(H,17,21). The molecule has 21 heavy (non-hydrogen) atoms. The number of ketones is 1. The first-order chi connectivity index (χ1) is 10.0. The Morgan fingerprint density at radius 1 is 1.33 bits per heavy atom. The third-order valence-electron chi connectivity index (χ3n) is 3.58. The van der Waals surface area contributed by atoms with Crippen molar-refractivity contribution in [2.24, 2.45) is 5.92 Å². The van der Waals surface area contributed by atoms with E-state index in [0.717, 1.165) is 10.9 Å². The van der Waals surface area contributed by atoms with E-state index in [1.54, 1.807) is 13.2 Å². The maximum atomic E-state index is 12.4.